The highest BCUT2D eigenvalue weighted by atomic mass is 31.2. The molecule has 2 aliphatic rings. The molecule has 9 atom stereocenters. The fourth-order valence-corrected chi connectivity index (χ4v) is 5.77. The third-order valence-electron chi connectivity index (χ3n) is 5.64. The Balaban J connectivity index is 2.22. The van der Waals surface area contributed by atoms with Crippen LogP contribution in [0.25, 0.3) is 0 Å². The largest absolute Gasteiger partial charge is 0.470 e. The van der Waals surface area contributed by atoms with Crippen molar-refractivity contribution in [2.45, 2.75) is 54.4 Å². The summed E-state index contributed by atoms with van der Waals surface area (Å²) in [6.07, 6.45) is -15.8. The normalized spacial score (nSPS) is 35.5. The fraction of sp³-hybridized carbons (Fsp3) is 0.667. The van der Waals surface area contributed by atoms with E-state index in [4.69, 9.17) is 20.6 Å². The zero-order chi connectivity index (χ0) is 28.1. The molecular formula is C15H25N5O15P2. The molecule has 0 saturated carbocycles. The molecule has 2 saturated heterocycles. The molecule has 22 heteroatoms. The first kappa shape index (κ1) is 29.8. The van der Waals surface area contributed by atoms with Gasteiger partial charge in [0, 0.05) is 6.20 Å². The topological polar surface area (TPSA) is 343 Å². The van der Waals surface area contributed by atoms with Gasteiger partial charge in [-0.2, -0.15) is 0 Å². The van der Waals surface area contributed by atoms with Crippen LogP contribution < -0.4 is 5.73 Å². The molecule has 0 aromatic carbocycles. The second kappa shape index (κ2) is 10.5. The van der Waals surface area contributed by atoms with Crippen LogP contribution in [0.15, 0.2) is 12.5 Å². The second-order valence-corrected chi connectivity index (χ2v) is 10.9. The smallest absolute Gasteiger partial charge is 0.394 e. The van der Waals surface area contributed by atoms with Crippen LogP contribution in [0, 0.1) is 5.41 Å². The van der Waals surface area contributed by atoms with Crippen LogP contribution >= 0.6 is 15.4 Å². The number of phosphoric ester groups is 1. The van der Waals surface area contributed by atoms with E-state index in [0.29, 0.717) is 0 Å². The molecule has 2 aliphatic heterocycles. The number of hydrogen-bond donors (Lipinski definition) is 12. The van der Waals surface area contributed by atoms with Gasteiger partial charge in [-0.1, -0.05) is 0 Å². The summed E-state index contributed by atoms with van der Waals surface area (Å²) in [5, 5.41) is 59.2. The summed E-state index contributed by atoms with van der Waals surface area (Å²) in [6.45, 7) is -0.998. The lowest BCUT2D eigenvalue weighted by Crippen LogP contribution is -2.63. The van der Waals surface area contributed by atoms with E-state index in [1.165, 1.54) is 0 Å². The van der Waals surface area contributed by atoms with Gasteiger partial charge in [-0.3, -0.25) is 19.3 Å². The van der Waals surface area contributed by atoms with Crippen molar-refractivity contribution >= 4 is 27.2 Å². The van der Waals surface area contributed by atoms with Gasteiger partial charge in [0.1, 0.15) is 60.5 Å². The number of aliphatic hydroxyl groups excluding tert-OH is 5. The minimum absolute atomic E-state index is 0.215. The highest BCUT2D eigenvalue weighted by Crippen LogP contribution is 2.60. The molecule has 1 aromatic heterocycles. The van der Waals surface area contributed by atoms with Gasteiger partial charge < -0.3 is 65.3 Å². The average molecular weight is 577 g/mol. The van der Waals surface area contributed by atoms with E-state index < -0.39 is 93.9 Å². The minimum atomic E-state index is -6.05. The molecule has 1 amide bonds. The van der Waals surface area contributed by atoms with Gasteiger partial charge in [-0.15, -0.1) is 0 Å². The highest BCUT2D eigenvalue weighted by molar-refractivity contribution is 7.53. The van der Waals surface area contributed by atoms with Crippen molar-refractivity contribution in [2.24, 2.45) is 5.73 Å². The Hall–Kier alpha value is -1.71. The molecule has 13 N–H and O–H groups in total. The SMILES string of the molecule is N=C(C1O[C@H](CO)[C@@H](O)[C@H]1OP(=O)(O)O)N(C(=O)c1c[nH]cn1)C1(P(=O)(O)O)O[C@H](C(N)O)[C@@H](O)[C@H]1O. The Morgan fingerprint density at radius 3 is 2.32 bits per heavy atom. The van der Waals surface area contributed by atoms with E-state index in [-0.39, 0.29) is 4.90 Å². The molecule has 20 nitrogen and oxygen atoms in total. The van der Waals surface area contributed by atoms with Crippen molar-refractivity contribution in [1.82, 2.24) is 14.9 Å². The van der Waals surface area contributed by atoms with Crippen molar-refractivity contribution in [3.63, 3.8) is 0 Å². The molecule has 0 bridgehead atoms. The number of carbonyl (C=O) groups excluding carboxylic acids is 1. The van der Waals surface area contributed by atoms with Gasteiger partial charge in [0.05, 0.1) is 12.9 Å². The molecule has 37 heavy (non-hydrogen) atoms. The zero-order valence-corrected chi connectivity index (χ0v) is 20.1. The number of hydrogen-bond acceptors (Lipinski definition) is 14. The molecule has 1 aromatic rings. The number of ether oxygens (including phenoxy) is 2. The van der Waals surface area contributed by atoms with Crippen LogP contribution in [-0.2, 0) is 23.1 Å². The fourth-order valence-electron chi connectivity index (χ4n) is 4.00. The number of H-pyrrole nitrogens is 1. The van der Waals surface area contributed by atoms with Gasteiger partial charge in [-0.05, 0) is 0 Å². The minimum Gasteiger partial charge on any atom is -0.394 e. The van der Waals surface area contributed by atoms with Crippen molar-refractivity contribution in [1.29, 1.82) is 5.41 Å². The van der Waals surface area contributed by atoms with Crippen LogP contribution in [0.5, 0.6) is 0 Å². The lowest BCUT2D eigenvalue weighted by Gasteiger charge is -2.43. The maximum Gasteiger partial charge on any atom is 0.470 e. The molecule has 0 aliphatic carbocycles. The Morgan fingerprint density at radius 1 is 1.27 bits per heavy atom. The van der Waals surface area contributed by atoms with Crippen molar-refractivity contribution in [3.8, 4) is 0 Å². The Kier molecular flexibility index (Phi) is 8.43. The summed E-state index contributed by atoms with van der Waals surface area (Å²) >= 11 is 0. The average Bonchev–Trinajstić information content (AvgIpc) is 3.48. The number of nitrogens with two attached hydrogens (primary N) is 1. The number of carbonyl (C=O) groups is 1. The maximum atomic E-state index is 13.4. The van der Waals surface area contributed by atoms with E-state index in [1.807, 2.05) is 0 Å². The summed E-state index contributed by atoms with van der Waals surface area (Å²) < 4.78 is 39.0. The summed E-state index contributed by atoms with van der Waals surface area (Å²) in [4.78, 5) is 58.2. The van der Waals surface area contributed by atoms with E-state index in [2.05, 4.69) is 14.5 Å². The van der Waals surface area contributed by atoms with Gasteiger partial charge >= 0.3 is 15.4 Å². The van der Waals surface area contributed by atoms with Crippen LogP contribution in [0.1, 0.15) is 10.5 Å². The first-order valence-electron chi connectivity index (χ1n) is 10.1. The number of nitrogens with zero attached hydrogens (tertiary/aromatic N) is 2. The van der Waals surface area contributed by atoms with E-state index in [1.54, 1.807) is 0 Å². The molecule has 2 fully saturated rings. The number of imidazole rings is 1. The Morgan fingerprint density at radius 2 is 1.89 bits per heavy atom. The Bertz CT molecular complexity index is 1090. The molecule has 3 rings (SSSR count). The van der Waals surface area contributed by atoms with Crippen LogP contribution in [-0.4, -0.2) is 133 Å². The first-order valence-corrected chi connectivity index (χ1v) is 13.3. The number of amidine groups is 1. The van der Waals surface area contributed by atoms with Crippen LogP contribution in [0.4, 0.5) is 0 Å². The Labute approximate surface area is 206 Å². The number of amides is 1. The van der Waals surface area contributed by atoms with Gasteiger partial charge in [0.15, 0.2) is 0 Å². The van der Waals surface area contributed by atoms with Gasteiger partial charge in [0.25, 0.3) is 11.4 Å². The van der Waals surface area contributed by atoms with Crippen molar-refractivity contribution in [3.05, 3.63) is 18.2 Å². The lowest BCUT2D eigenvalue weighted by molar-refractivity contribution is -0.124. The number of aromatic nitrogens is 2. The predicted molar refractivity (Wildman–Crippen MR) is 113 cm³/mol. The first-order chi connectivity index (χ1) is 17.0. The highest BCUT2D eigenvalue weighted by Gasteiger charge is 2.71. The summed E-state index contributed by atoms with van der Waals surface area (Å²) in [5.74, 6) is -3.02. The number of aromatic amines is 1. The van der Waals surface area contributed by atoms with Gasteiger partial charge in [0.2, 0.25) is 0 Å². The van der Waals surface area contributed by atoms with Crippen LogP contribution in [0.2, 0.25) is 0 Å². The third-order valence-corrected chi connectivity index (χ3v) is 7.56. The molecule has 0 spiro atoms. The third kappa shape index (κ3) is 5.28. The summed E-state index contributed by atoms with van der Waals surface area (Å²) in [7, 11) is -11.5. The standard InChI is InChI=1S/C15H25N5O15P2/c16-12(10-8(35-37(30,31)32)6(22)5(2-21)33-10)20(14(26)4-1-18-3-19-4)15(36(27,28)29)11(24)7(23)9(34-15)13(17)25/h1,3,5-11,13,16,21-25H,2,17H2,(H,18,19)(H2,27,28,29)(H2,30,31,32)/t5-,6-,7-,8-,9+,10?,11-,13?,15?/m1/s1. The molecular weight excluding hydrogens is 552 g/mol. The zero-order valence-electron chi connectivity index (χ0n) is 18.3. The van der Waals surface area contributed by atoms with Gasteiger partial charge in [-0.25, -0.2) is 14.4 Å². The molecule has 3 unspecified atom stereocenters. The van der Waals surface area contributed by atoms with E-state index >= 15 is 0 Å². The molecule has 3 heterocycles. The second-order valence-electron chi connectivity index (χ2n) is 8.02. The number of rotatable bonds is 8. The molecule has 210 valence electrons. The summed E-state index contributed by atoms with van der Waals surface area (Å²) in [6, 6.07) is 0. The number of phosphoric acid groups is 1. The van der Waals surface area contributed by atoms with Crippen molar-refractivity contribution in [2.75, 3.05) is 6.61 Å². The number of aliphatic hydroxyl groups is 5. The molecule has 0 radical (unpaired) electrons. The summed E-state index contributed by atoms with van der Waals surface area (Å²) in [5.41, 5.74) is 0.929. The predicted octanol–water partition coefficient (Wildman–Crippen LogP) is -5.34. The van der Waals surface area contributed by atoms with E-state index in [9.17, 15) is 59.0 Å². The van der Waals surface area contributed by atoms with Crippen molar-refractivity contribution < 1.29 is 73.0 Å². The monoisotopic (exact) mass is 577 g/mol. The van der Waals surface area contributed by atoms with Crippen LogP contribution in [0.3, 0.4) is 0 Å². The maximum absolute atomic E-state index is 13.4. The lowest BCUT2D eigenvalue weighted by atomic mass is 10.0. The number of nitrogens with one attached hydrogen (secondary N) is 2. The quantitative estimate of drug-likeness (QED) is 0.0593. The van der Waals surface area contributed by atoms with E-state index in [0.717, 1.165) is 12.5 Å².